The Morgan fingerprint density at radius 1 is 1.41 bits per heavy atom. The van der Waals surface area contributed by atoms with Crippen molar-refractivity contribution < 1.29 is 13.5 Å². The molecule has 0 unspecified atom stereocenters. The monoisotopic (exact) mass is 250 g/mol. The third kappa shape index (κ3) is 7.06. The van der Waals surface area contributed by atoms with Crippen molar-refractivity contribution >= 4 is 5.96 Å². The fourth-order valence-electron chi connectivity index (χ4n) is 1.57. The molecule has 100 valence electrons. The molecule has 0 amide bonds. The highest BCUT2D eigenvalue weighted by molar-refractivity contribution is 5.77. The van der Waals surface area contributed by atoms with Crippen LogP contribution in [0, 0.1) is 0 Å². The SMILES string of the molecule is NC(=NCC(F)F)NCCCN1CCOCC1. The van der Waals surface area contributed by atoms with Crippen LogP contribution in [0.15, 0.2) is 4.99 Å². The molecule has 0 bridgehead atoms. The number of nitrogens with two attached hydrogens (primary N) is 1. The van der Waals surface area contributed by atoms with E-state index >= 15 is 0 Å². The summed E-state index contributed by atoms with van der Waals surface area (Å²) in [6.45, 7) is 4.54. The van der Waals surface area contributed by atoms with E-state index in [4.69, 9.17) is 10.5 Å². The topological polar surface area (TPSA) is 62.9 Å². The van der Waals surface area contributed by atoms with Gasteiger partial charge < -0.3 is 15.8 Å². The van der Waals surface area contributed by atoms with Gasteiger partial charge in [-0.05, 0) is 13.0 Å². The molecule has 7 heteroatoms. The molecule has 3 N–H and O–H groups in total. The first kappa shape index (κ1) is 14.1. The Bertz CT molecular complexity index is 232. The maximum atomic E-state index is 11.8. The molecule has 1 fully saturated rings. The molecule has 1 heterocycles. The van der Waals surface area contributed by atoms with Crippen LogP contribution in [0.5, 0.6) is 0 Å². The van der Waals surface area contributed by atoms with Crippen molar-refractivity contribution in [3.05, 3.63) is 0 Å². The zero-order chi connectivity index (χ0) is 12.5. The van der Waals surface area contributed by atoms with Crippen LogP contribution in [0.3, 0.4) is 0 Å². The van der Waals surface area contributed by atoms with Crippen LogP contribution in [-0.4, -0.2) is 63.2 Å². The minimum atomic E-state index is -2.44. The predicted octanol–water partition coefficient (Wildman–Crippen LogP) is -0.122. The molecule has 0 atom stereocenters. The normalized spacial score (nSPS) is 18.6. The summed E-state index contributed by atoms with van der Waals surface area (Å²) in [5.41, 5.74) is 5.41. The number of halogens is 2. The molecule has 1 saturated heterocycles. The number of alkyl halides is 2. The predicted molar refractivity (Wildman–Crippen MR) is 62.4 cm³/mol. The van der Waals surface area contributed by atoms with Crippen molar-refractivity contribution in [3.63, 3.8) is 0 Å². The Hall–Kier alpha value is -0.950. The number of nitrogens with zero attached hydrogens (tertiary/aromatic N) is 2. The Morgan fingerprint density at radius 2 is 2.12 bits per heavy atom. The number of rotatable bonds is 6. The number of morpholine rings is 1. The summed E-state index contributed by atoms with van der Waals surface area (Å²) in [5.74, 6) is 0.0901. The average molecular weight is 250 g/mol. The van der Waals surface area contributed by atoms with Crippen molar-refractivity contribution in [2.24, 2.45) is 10.7 Å². The highest BCUT2D eigenvalue weighted by Gasteiger charge is 2.09. The Balaban J connectivity index is 2.01. The fourth-order valence-corrected chi connectivity index (χ4v) is 1.57. The minimum absolute atomic E-state index is 0.0901. The maximum Gasteiger partial charge on any atom is 0.257 e. The van der Waals surface area contributed by atoms with E-state index in [1.54, 1.807) is 0 Å². The van der Waals surface area contributed by atoms with Crippen molar-refractivity contribution in [1.29, 1.82) is 0 Å². The smallest absolute Gasteiger partial charge is 0.257 e. The number of ether oxygens (including phenoxy) is 1. The van der Waals surface area contributed by atoms with E-state index in [-0.39, 0.29) is 5.96 Å². The molecule has 0 aromatic carbocycles. The molecule has 0 aromatic heterocycles. The Labute approximate surface area is 100 Å². The number of guanidine groups is 1. The first-order valence-corrected chi connectivity index (χ1v) is 5.80. The quantitative estimate of drug-likeness (QED) is 0.392. The van der Waals surface area contributed by atoms with E-state index in [9.17, 15) is 8.78 Å². The van der Waals surface area contributed by atoms with Crippen LogP contribution in [0.1, 0.15) is 6.42 Å². The number of hydrogen-bond acceptors (Lipinski definition) is 3. The molecule has 1 rings (SSSR count). The van der Waals surface area contributed by atoms with Crippen LogP contribution in [0.25, 0.3) is 0 Å². The number of nitrogens with one attached hydrogen (secondary N) is 1. The lowest BCUT2D eigenvalue weighted by molar-refractivity contribution is 0.0376. The largest absolute Gasteiger partial charge is 0.379 e. The van der Waals surface area contributed by atoms with Crippen LogP contribution in [-0.2, 0) is 4.74 Å². The molecule has 0 aliphatic carbocycles. The summed E-state index contributed by atoms with van der Waals surface area (Å²) in [4.78, 5) is 5.81. The second-order valence-corrected chi connectivity index (χ2v) is 3.85. The zero-order valence-corrected chi connectivity index (χ0v) is 9.87. The van der Waals surface area contributed by atoms with Crippen LogP contribution in [0.2, 0.25) is 0 Å². The van der Waals surface area contributed by atoms with E-state index in [2.05, 4.69) is 15.2 Å². The molecule has 0 radical (unpaired) electrons. The highest BCUT2D eigenvalue weighted by Crippen LogP contribution is 1.97. The van der Waals surface area contributed by atoms with Gasteiger partial charge in [0.15, 0.2) is 5.96 Å². The van der Waals surface area contributed by atoms with Gasteiger partial charge >= 0.3 is 0 Å². The van der Waals surface area contributed by atoms with Gasteiger partial charge in [0.1, 0.15) is 6.54 Å². The van der Waals surface area contributed by atoms with E-state index in [1.807, 2.05) is 0 Å². The van der Waals surface area contributed by atoms with Gasteiger partial charge in [-0.2, -0.15) is 0 Å². The summed E-state index contributed by atoms with van der Waals surface area (Å²) >= 11 is 0. The van der Waals surface area contributed by atoms with Gasteiger partial charge in [0.25, 0.3) is 6.43 Å². The lowest BCUT2D eigenvalue weighted by Gasteiger charge is -2.26. The van der Waals surface area contributed by atoms with Gasteiger partial charge in [0.05, 0.1) is 13.2 Å². The van der Waals surface area contributed by atoms with Gasteiger partial charge in [-0.1, -0.05) is 0 Å². The summed E-state index contributed by atoms with van der Waals surface area (Å²) in [5, 5.41) is 2.81. The number of aliphatic imine (C=N–C) groups is 1. The van der Waals surface area contributed by atoms with Gasteiger partial charge in [0, 0.05) is 19.6 Å². The summed E-state index contributed by atoms with van der Waals surface area (Å²) < 4.78 is 28.9. The van der Waals surface area contributed by atoms with Crippen LogP contribution in [0.4, 0.5) is 8.78 Å². The van der Waals surface area contributed by atoms with Gasteiger partial charge in [0.2, 0.25) is 0 Å². The van der Waals surface area contributed by atoms with Crippen molar-refractivity contribution in [3.8, 4) is 0 Å². The summed E-state index contributed by atoms with van der Waals surface area (Å²) in [6, 6.07) is 0. The average Bonchev–Trinajstić information content (AvgIpc) is 2.33. The van der Waals surface area contributed by atoms with Crippen LogP contribution < -0.4 is 11.1 Å². The maximum absolute atomic E-state index is 11.8. The number of hydrogen-bond donors (Lipinski definition) is 2. The molecule has 0 spiro atoms. The van der Waals surface area contributed by atoms with Crippen molar-refractivity contribution in [2.45, 2.75) is 12.8 Å². The zero-order valence-electron chi connectivity index (χ0n) is 9.87. The minimum Gasteiger partial charge on any atom is -0.379 e. The molecular formula is C10H20F2N4O. The molecule has 1 aliphatic heterocycles. The third-order valence-corrected chi connectivity index (χ3v) is 2.46. The van der Waals surface area contributed by atoms with E-state index < -0.39 is 13.0 Å². The van der Waals surface area contributed by atoms with E-state index in [0.29, 0.717) is 6.54 Å². The molecule has 0 aromatic rings. The lowest BCUT2D eigenvalue weighted by atomic mass is 10.3. The lowest BCUT2D eigenvalue weighted by Crippen LogP contribution is -2.39. The Kier molecular flexibility index (Phi) is 6.80. The standard InChI is InChI=1S/C10H20F2N4O/c11-9(12)8-15-10(13)14-2-1-3-16-4-6-17-7-5-16/h9H,1-8H2,(H3,13,14,15). The first-order chi connectivity index (χ1) is 8.18. The molecule has 0 saturated carbocycles. The second-order valence-electron chi connectivity index (χ2n) is 3.85. The highest BCUT2D eigenvalue weighted by atomic mass is 19.3. The molecular weight excluding hydrogens is 230 g/mol. The van der Waals surface area contributed by atoms with Gasteiger partial charge in [-0.3, -0.25) is 4.90 Å². The second kappa shape index (κ2) is 8.19. The van der Waals surface area contributed by atoms with E-state index in [1.165, 1.54) is 0 Å². The summed E-state index contributed by atoms with van der Waals surface area (Å²) in [6.07, 6.45) is -1.53. The molecule has 5 nitrogen and oxygen atoms in total. The van der Waals surface area contributed by atoms with Crippen LogP contribution >= 0.6 is 0 Å². The van der Waals surface area contributed by atoms with Gasteiger partial charge in [-0.15, -0.1) is 0 Å². The Morgan fingerprint density at radius 3 is 2.76 bits per heavy atom. The van der Waals surface area contributed by atoms with Crippen molar-refractivity contribution in [2.75, 3.05) is 45.9 Å². The molecule has 17 heavy (non-hydrogen) atoms. The van der Waals surface area contributed by atoms with Gasteiger partial charge in [-0.25, -0.2) is 13.8 Å². The first-order valence-electron chi connectivity index (χ1n) is 5.80. The molecule has 1 aliphatic rings. The fraction of sp³-hybridized carbons (Fsp3) is 0.900. The van der Waals surface area contributed by atoms with Crippen molar-refractivity contribution in [1.82, 2.24) is 10.2 Å². The summed E-state index contributed by atoms with van der Waals surface area (Å²) in [7, 11) is 0. The van der Waals surface area contributed by atoms with E-state index in [0.717, 1.165) is 39.3 Å². The third-order valence-electron chi connectivity index (χ3n) is 2.46.